The van der Waals surface area contributed by atoms with Crippen molar-refractivity contribution in [3.05, 3.63) is 24.3 Å². The molecule has 6 heteroatoms. The largest absolute Gasteiger partial charge is 0.394 e. The molecule has 0 saturated carbocycles. The molecule has 29 heavy (non-hydrogen) atoms. The highest BCUT2D eigenvalue weighted by molar-refractivity contribution is 5.89. The van der Waals surface area contributed by atoms with Gasteiger partial charge in [-0.15, -0.1) is 0 Å². The number of unbranched alkanes of at least 4 members (excludes halogenated alkanes) is 4. The first-order chi connectivity index (χ1) is 13.5. The topological polar surface area (TPSA) is 93.1 Å². The normalized spacial score (nSPS) is 14.6. The zero-order chi connectivity index (χ0) is 22.7. The third-order valence-electron chi connectivity index (χ3n) is 5.36. The second kappa shape index (κ2) is 12.8. The van der Waals surface area contributed by atoms with Gasteiger partial charge in [0.25, 0.3) is 0 Å². The van der Waals surface area contributed by atoms with Gasteiger partial charge >= 0.3 is 17.9 Å². The third-order valence-corrected chi connectivity index (χ3v) is 5.36. The molecular formula is C23H40O6. The Morgan fingerprint density at radius 2 is 1.38 bits per heavy atom. The first-order valence-electron chi connectivity index (χ1n) is 10.7. The first kappa shape index (κ1) is 27.3. The van der Waals surface area contributed by atoms with Crippen LogP contribution in [-0.2, 0) is 19.1 Å². The molecule has 6 nitrogen and oxygen atoms in total. The predicted octanol–water partition coefficient (Wildman–Crippen LogP) is 4.79. The minimum atomic E-state index is -2.63. The van der Waals surface area contributed by atoms with Crippen LogP contribution in [0.5, 0.6) is 0 Å². The summed E-state index contributed by atoms with van der Waals surface area (Å²) < 4.78 is 10.6. The Balaban J connectivity index is 6.13. The van der Waals surface area contributed by atoms with Crippen LogP contribution in [0.25, 0.3) is 0 Å². The van der Waals surface area contributed by atoms with E-state index in [-0.39, 0.29) is 17.6 Å². The number of hydrogen-bond acceptors (Lipinski definition) is 6. The molecule has 0 aromatic carbocycles. The fraction of sp³-hybridized carbons (Fsp3) is 0.739. The van der Waals surface area contributed by atoms with Crippen molar-refractivity contribution in [1.29, 1.82) is 0 Å². The van der Waals surface area contributed by atoms with Crippen LogP contribution in [0, 0.1) is 5.41 Å². The van der Waals surface area contributed by atoms with Crippen LogP contribution >= 0.6 is 0 Å². The molecule has 0 aliphatic rings. The highest BCUT2D eigenvalue weighted by atomic mass is 16.8. The number of carbonyl (C=O) groups is 2. The fourth-order valence-electron chi connectivity index (χ4n) is 3.35. The summed E-state index contributed by atoms with van der Waals surface area (Å²) in [6.07, 6.45) is 5.16. The van der Waals surface area contributed by atoms with Crippen LogP contribution in [0.2, 0.25) is 0 Å². The van der Waals surface area contributed by atoms with E-state index >= 15 is 0 Å². The Morgan fingerprint density at radius 1 is 0.897 bits per heavy atom. The molecule has 0 radical (unpaired) electrons. The molecule has 2 atom stereocenters. The Kier molecular flexibility index (Phi) is 12.1. The second-order valence-corrected chi connectivity index (χ2v) is 7.90. The molecule has 0 heterocycles. The standard InChI is InChI=1S/C23H40O6/c1-8-11-13-14-15-19(24)22(10-3,16-12-9-2)23(27,28-20(25)17(4)5)29-21(26)18(6)7/h19,24,27H,4,6,8-16H2,1-3,5,7H3. The quantitative estimate of drug-likeness (QED) is 0.174. The highest BCUT2D eigenvalue weighted by Crippen LogP contribution is 2.47. The zero-order valence-electron chi connectivity index (χ0n) is 18.9. The summed E-state index contributed by atoms with van der Waals surface area (Å²) in [5, 5.41) is 22.6. The van der Waals surface area contributed by atoms with Crippen molar-refractivity contribution in [2.45, 2.75) is 104 Å². The Bertz CT molecular complexity index is 540. The van der Waals surface area contributed by atoms with Crippen molar-refractivity contribution >= 4 is 11.9 Å². The van der Waals surface area contributed by atoms with Gasteiger partial charge < -0.3 is 19.7 Å². The summed E-state index contributed by atoms with van der Waals surface area (Å²) in [5.41, 5.74) is -1.27. The molecule has 0 aromatic rings. The summed E-state index contributed by atoms with van der Waals surface area (Å²) in [6, 6.07) is 0. The van der Waals surface area contributed by atoms with Crippen molar-refractivity contribution in [3.8, 4) is 0 Å². The van der Waals surface area contributed by atoms with Crippen LogP contribution in [0.4, 0.5) is 0 Å². The maximum Gasteiger partial charge on any atom is 0.382 e. The molecule has 0 aliphatic carbocycles. The van der Waals surface area contributed by atoms with Crippen LogP contribution in [0.15, 0.2) is 24.3 Å². The van der Waals surface area contributed by atoms with E-state index < -0.39 is 29.4 Å². The molecule has 0 aromatic heterocycles. The average Bonchev–Trinajstić information content (AvgIpc) is 2.65. The smallest absolute Gasteiger partial charge is 0.382 e. The van der Waals surface area contributed by atoms with Gasteiger partial charge in [-0.25, -0.2) is 9.59 Å². The number of aliphatic hydroxyl groups is 2. The lowest BCUT2D eigenvalue weighted by atomic mass is 9.71. The summed E-state index contributed by atoms with van der Waals surface area (Å²) in [4.78, 5) is 24.6. The van der Waals surface area contributed by atoms with Crippen molar-refractivity contribution in [2.24, 2.45) is 5.41 Å². The van der Waals surface area contributed by atoms with Gasteiger partial charge in [-0.1, -0.05) is 72.5 Å². The highest BCUT2D eigenvalue weighted by Gasteiger charge is 2.60. The summed E-state index contributed by atoms with van der Waals surface area (Å²) in [5.74, 6) is -4.42. The average molecular weight is 413 g/mol. The summed E-state index contributed by atoms with van der Waals surface area (Å²) in [7, 11) is 0. The van der Waals surface area contributed by atoms with E-state index in [0.29, 0.717) is 19.3 Å². The maximum atomic E-state index is 12.3. The Labute approximate surface area is 176 Å². The molecular weight excluding hydrogens is 372 g/mol. The molecule has 0 bridgehead atoms. The predicted molar refractivity (Wildman–Crippen MR) is 114 cm³/mol. The minimum absolute atomic E-state index is 0.0488. The minimum Gasteiger partial charge on any atom is -0.394 e. The Morgan fingerprint density at radius 3 is 1.76 bits per heavy atom. The van der Waals surface area contributed by atoms with Gasteiger partial charge in [0.1, 0.15) is 5.41 Å². The van der Waals surface area contributed by atoms with Gasteiger partial charge in [0.15, 0.2) is 0 Å². The number of rotatable bonds is 15. The first-order valence-corrected chi connectivity index (χ1v) is 10.7. The fourth-order valence-corrected chi connectivity index (χ4v) is 3.35. The van der Waals surface area contributed by atoms with Crippen molar-refractivity contribution < 1.29 is 29.3 Å². The monoisotopic (exact) mass is 412 g/mol. The number of aliphatic hydroxyl groups excluding tert-OH is 1. The van der Waals surface area contributed by atoms with Gasteiger partial charge in [0, 0.05) is 11.1 Å². The van der Waals surface area contributed by atoms with Crippen LogP contribution in [0.1, 0.15) is 92.4 Å². The van der Waals surface area contributed by atoms with Gasteiger partial charge in [-0.05, 0) is 33.1 Å². The summed E-state index contributed by atoms with van der Waals surface area (Å²) in [6.45, 7) is 15.8. The van der Waals surface area contributed by atoms with E-state index in [1.54, 1.807) is 6.92 Å². The molecule has 0 fully saturated rings. The van der Waals surface area contributed by atoms with Crippen molar-refractivity contribution in [3.63, 3.8) is 0 Å². The third kappa shape index (κ3) is 7.59. The lowest BCUT2D eigenvalue weighted by molar-refractivity contribution is -0.392. The SMILES string of the molecule is C=C(C)C(=O)OC(O)(OC(=O)C(=C)C)C(CC)(CCCC)C(O)CCCCCC. The number of ether oxygens (including phenoxy) is 2. The van der Waals surface area contributed by atoms with Gasteiger partial charge in [0.2, 0.25) is 0 Å². The van der Waals surface area contributed by atoms with Gasteiger partial charge in [-0.3, -0.25) is 0 Å². The molecule has 0 amide bonds. The molecule has 0 spiro atoms. The number of carbonyl (C=O) groups excluding carboxylic acids is 2. The number of esters is 2. The maximum absolute atomic E-state index is 12.3. The van der Waals surface area contributed by atoms with E-state index in [2.05, 4.69) is 20.1 Å². The van der Waals surface area contributed by atoms with Crippen LogP contribution in [-0.4, -0.2) is 34.2 Å². The number of hydrogen-bond donors (Lipinski definition) is 2. The van der Waals surface area contributed by atoms with Gasteiger partial charge in [-0.2, -0.15) is 0 Å². The lowest BCUT2D eigenvalue weighted by Crippen LogP contribution is -2.60. The van der Waals surface area contributed by atoms with E-state index in [9.17, 15) is 19.8 Å². The van der Waals surface area contributed by atoms with Crippen molar-refractivity contribution in [2.75, 3.05) is 0 Å². The summed E-state index contributed by atoms with van der Waals surface area (Å²) >= 11 is 0. The molecule has 0 rings (SSSR count). The van der Waals surface area contributed by atoms with Gasteiger partial charge in [0.05, 0.1) is 6.10 Å². The molecule has 0 saturated heterocycles. The zero-order valence-corrected chi connectivity index (χ0v) is 18.9. The van der Waals surface area contributed by atoms with Crippen molar-refractivity contribution in [1.82, 2.24) is 0 Å². The Hall–Kier alpha value is -1.66. The second-order valence-electron chi connectivity index (χ2n) is 7.90. The van der Waals surface area contributed by atoms with E-state index in [4.69, 9.17) is 9.47 Å². The molecule has 0 aliphatic heterocycles. The van der Waals surface area contributed by atoms with E-state index in [0.717, 1.165) is 32.1 Å². The molecule has 168 valence electrons. The van der Waals surface area contributed by atoms with Crippen LogP contribution < -0.4 is 0 Å². The lowest BCUT2D eigenvalue weighted by Gasteiger charge is -2.46. The van der Waals surface area contributed by atoms with Crippen LogP contribution in [0.3, 0.4) is 0 Å². The van der Waals surface area contributed by atoms with E-state index in [1.807, 2.05) is 6.92 Å². The molecule has 2 unspecified atom stereocenters. The molecule has 2 N–H and O–H groups in total. The van der Waals surface area contributed by atoms with E-state index in [1.165, 1.54) is 13.8 Å².